The molecule has 0 bridgehead atoms. The molecule has 8 heteroatoms. The minimum atomic E-state index is -0.0124. The molecule has 1 amide bonds. The normalized spacial score (nSPS) is 20.0. The average Bonchev–Trinajstić information content (AvgIpc) is 3.52. The highest BCUT2D eigenvalue weighted by Crippen LogP contribution is 2.32. The van der Waals surface area contributed by atoms with E-state index < -0.39 is 0 Å². The maximum Gasteiger partial charge on any atom is 0.259 e. The first kappa shape index (κ1) is 22.7. The number of hydrogen-bond acceptors (Lipinski definition) is 5. The number of nitrogens with two attached hydrogens (primary N) is 1. The second-order valence-electron chi connectivity index (χ2n) is 9.43. The molecule has 3 heterocycles. The molecule has 2 saturated heterocycles. The molecule has 5 rings (SSSR count). The number of halogens is 1. The van der Waals surface area contributed by atoms with E-state index in [1.807, 2.05) is 54.3 Å². The number of rotatable bonds is 7. The SMILES string of the molecule is Cc1ccc(NCCCN2CC3CN(C(=O)c4cnn(-c5ccccc5)c4N)CC3C2)cc1Cl. The molecular formula is C26H31ClN6O. The van der Waals surface area contributed by atoms with Crippen molar-refractivity contribution in [3.8, 4) is 5.69 Å². The summed E-state index contributed by atoms with van der Waals surface area (Å²) in [6, 6.07) is 15.8. The highest BCUT2D eigenvalue weighted by molar-refractivity contribution is 6.31. The highest BCUT2D eigenvalue weighted by Gasteiger charge is 2.42. The summed E-state index contributed by atoms with van der Waals surface area (Å²) in [6.07, 6.45) is 2.67. The topological polar surface area (TPSA) is 79.4 Å². The van der Waals surface area contributed by atoms with E-state index in [4.69, 9.17) is 17.3 Å². The fraction of sp³-hybridized carbons (Fsp3) is 0.385. The number of likely N-dealkylation sites (tertiary alicyclic amines) is 2. The van der Waals surface area contributed by atoms with Gasteiger partial charge in [0.05, 0.1) is 11.9 Å². The van der Waals surface area contributed by atoms with E-state index in [9.17, 15) is 4.79 Å². The molecular weight excluding hydrogens is 448 g/mol. The van der Waals surface area contributed by atoms with Crippen LogP contribution in [0.15, 0.2) is 54.7 Å². The van der Waals surface area contributed by atoms with E-state index >= 15 is 0 Å². The van der Waals surface area contributed by atoms with Gasteiger partial charge in [0.25, 0.3) is 5.91 Å². The van der Waals surface area contributed by atoms with E-state index in [1.165, 1.54) is 0 Å². The maximum absolute atomic E-state index is 13.2. The maximum atomic E-state index is 13.2. The number of aryl methyl sites for hydroxylation is 1. The third-order valence-corrected chi connectivity index (χ3v) is 7.45. The second kappa shape index (κ2) is 9.68. The van der Waals surface area contributed by atoms with Gasteiger partial charge in [-0.25, -0.2) is 4.68 Å². The number of nitrogens with one attached hydrogen (secondary N) is 1. The Kier molecular flexibility index (Phi) is 6.48. The summed E-state index contributed by atoms with van der Waals surface area (Å²) in [7, 11) is 0. The predicted octanol–water partition coefficient (Wildman–Crippen LogP) is 3.92. The first-order valence-electron chi connectivity index (χ1n) is 11.9. The van der Waals surface area contributed by atoms with Crippen molar-refractivity contribution >= 4 is 29.0 Å². The Morgan fingerprint density at radius 1 is 1.12 bits per heavy atom. The molecule has 2 unspecified atom stereocenters. The Balaban J connectivity index is 1.10. The van der Waals surface area contributed by atoms with E-state index in [-0.39, 0.29) is 5.91 Å². The molecule has 0 saturated carbocycles. The summed E-state index contributed by atoms with van der Waals surface area (Å²) in [4.78, 5) is 17.7. The number of carbonyl (C=O) groups excluding carboxylic acids is 1. The van der Waals surface area contributed by atoms with Crippen LogP contribution in [0.2, 0.25) is 5.02 Å². The predicted molar refractivity (Wildman–Crippen MR) is 137 cm³/mol. The van der Waals surface area contributed by atoms with Gasteiger partial charge in [-0.15, -0.1) is 0 Å². The summed E-state index contributed by atoms with van der Waals surface area (Å²) in [5.74, 6) is 1.44. The van der Waals surface area contributed by atoms with Crippen molar-refractivity contribution in [2.75, 3.05) is 50.3 Å². The number of nitrogens with zero attached hydrogens (tertiary/aromatic N) is 4. The summed E-state index contributed by atoms with van der Waals surface area (Å²) >= 11 is 6.21. The number of amides is 1. The molecule has 2 aliphatic rings. The van der Waals surface area contributed by atoms with Gasteiger partial charge >= 0.3 is 0 Å². The standard InChI is InChI=1S/C26H31ClN6O/c1-18-8-9-21(12-24(18)27)29-10-5-11-31-14-19-16-32(17-20(19)15-31)26(34)23-13-30-33(25(23)28)22-6-3-2-4-7-22/h2-4,6-9,12-13,19-20,29H,5,10-11,14-17,28H2,1H3. The number of anilines is 2. The number of nitrogen functional groups attached to an aromatic ring is 1. The Morgan fingerprint density at radius 3 is 2.56 bits per heavy atom. The highest BCUT2D eigenvalue weighted by atomic mass is 35.5. The summed E-state index contributed by atoms with van der Waals surface area (Å²) in [5.41, 5.74) is 9.80. The Labute approximate surface area is 205 Å². The molecule has 0 radical (unpaired) electrons. The van der Waals surface area contributed by atoms with Gasteiger partial charge in [0.15, 0.2) is 0 Å². The van der Waals surface area contributed by atoms with E-state index in [0.29, 0.717) is 23.2 Å². The molecule has 2 aliphatic heterocycles. The molecule has 2 fully saturated rings. The number of fused-ring (bicyclic) bond motifs is 1. The number of aromatic nitrogens is 2. The van der Waals surface area contributed by atoms with Crippen molar-refractivity contribution in [3.05, 3.63) is 70.9 Å². The molecule has 7 nitrogen and oxygen atoms in total. The van der Waals surface area contributed by atoms with Crippen LogP contribution in [0.3, 0.4) is 0 Å². The van der Waals surface area contributed by atoms with Crippen molar-refractivity contribution in [3.63, 3.8) is 0 Å². The molecule has 2 aromatic carbocycles. The first-order chi connectivity index (χ1) is 16.5. The summed E-state index contributed by atoms with van der Waals surface area (Å²) in [5, 5.41) is 8.62. The van der Waals surface area contributed by atoms with Gasteiger partial charge < -0.3 is 20.9 Å². The number of carbonyl (C=O) groups is 1. The van der Waals surface area contributed by atoms with Crippen molar-refractivity contribution in [1.29, 1.82) is 0 Å². The lowest BCUT2D eigenvalue weighted by Crippen LogP contribution is -2.34. The molecule has 178 valence electrons. The van der Waals surface area contributed by atoms with Gasteiger partial charge in [-0.05, 0) is 61.6 Å². The van der Waals surface area contributed by atoms with Crippen LogP contribution >= 0.6 is 11.6 Å². The van der Waals surface area contributed by atoms with Crippen molar-refractivity contribution in [1.82, 2.24) is 19.6 Å². The molecule has 2 atom stereocenters. The zero-order valence-electron chi connectivity index (χ0n) is 19.5. The van der Waals surface area contributed by atoms with Gasteiger partial charge in [-0.3, -0.25) is 4.79 Å². The van der Waals surface area contributed by atoms with Crippen LogP contribution in [0, 0.1) is 18.8 Å². The first-order valence-corrected chi connectivity index (χ1v) is 12.3. The molecule has 34 heavy (non-hydrogen) atoms. The monoisotopic (exact) mass is 478 g/mol. The molecule has 3 aromatic rings. The third-order valence-electron chi connectivity index (χ3n) is 7.04. The Hall–Kier alpha value is -3.03. The lowest BCUT2D eigenvalue weighted by atomic mass is 10.0. The molecule has 3 N–H and O–H groups in total. The number of benzene rings is 2. The molecule has 0 aliphatic carbocycles. The van der Waals surface area contributed by atoms with Crippen LogP contribution in [0.1, 0.15) is 22.3 Å². The summed E-state index contributed by atoms with van der Waals surface area (Å²) in [6.45, 7) is 7.65. The minimum absolute atomic E-state index is 0.0124. The van der Waals surface area contributed by atoms with Crippen LogP contribution in [0.25, 0.3) is 5.69 Å². The second-order valence-corrected chi connectivity index (χ2v) is 9.83. The quantitative estimate of drug-likeness (QED) is 0.503. The van der Waals surface area contributed by atoms with E-state index in [1.54, 1.807) is 10.9 Å². The van der Waals surface area contributed by atoms with Gasteiger partial charge in [0.2, 0.25) is 0 Å². The molecule has 1 aromatic heterocycles. The van der Waals surface area contributed by atoms with E-state index in [2.05, 4.69) is 21.4 Å². The lowest BCUT2D eigenvalue weighted by Gasteiger charge is -2.21. The van der Waals surface area contributed by atoms with Gasteiger partial charge in [-0.1, -0.05) is 35.9 Å². The van der Waals surface area contributed by atoms with Crippen LogP contribution in [-0.2, 0) is 0 Å². The lowest BCUT2D eigenvalue weighted by molar-refractivity contribution is 0.0775. The fourth-order valence-electron chi connectivity index (χ4n) is 5.14. The zero-order valence-corrected chi connectivity index (χ0v) is 20.2. The third kappa shape index (κ3) is 4.63. The zero-order chi connectivity index (χ0) is 23.7. The van der Waals surface area contributed by atoms with Crippen LogP contribution in [-0.4, -0.2) is 64.8 Å². The Morgan fingerprint density at radius 2 is 1.85 bits per heavy atom. The van der Waals surface area contributed by atoms with Crippen molar-refractivity contribution in [2.45, 2.75) is 13.3 Å². The van der Waals surface area contributed by atoms with E-state index in [0.717, 1.165) is 67.7 Å². The average molecular weight is 479 g/mol. The Bertz CT molecular complexity index is 1150. The van der Waals surface area contributed by atoms with Crippen molar-refractivity contribution < 1.29 is 4.79 Å². The minimum Gasteiger partial charge on any atom is -0.385 e. The van der Waals surface area contributed by atoms with Crippen LogP contribution in [0.5, 0.6) is 0 Å². The fourth-order valence-corrected chi connectivity index (χ4v) is 5.33. The molecule has 0 spiro atoms. The van der Waals surface area contributed by atoms with Crippen molar-refractivity contribution in [2.24, 2.45) is 11.8 Å². The number of para-hydroxylation sites is 1. The van der Waals surface area contributed by atoms with Gasteiger partial charge in [-0.2, -0.15) is 5.10 Å². The summed E-state index contributed by atoms with van der Waals surface area (Å²) < 4.78 is 1.63. The van der Waals surface area contributed by atoms with Gasteiger partial charge in [0, 0.05) is 43.4 Å². The smallest absolute Gasteiger partial charge is 0.259 e. The largest absolute Gasteiger partial charge is 0.385 e. The van der Waals surface area contributed by atoms with Crippen LogP contribution in [0.4, 0.5) is 11.5 Å². The number of hydrogen-bond donors (Lipinski definition) is 2. The van der Waals surface area contributed by atoms with Crippen LogP contribution < -0.4 is 11.1 Å². The van der Waals surface area contributed by atoms with Gasteiger partial charge in [0.1, 0.15) is 11.4 Å².